The Bertz CT molecular complexity index is 510. The fourth-order valence-electron chi connectivity index (χ4n) is 3.33. The summed E-state index contributed by atoms with van der Waals surface area (Å²) in [7, 11) is 0. The van der Waals surface area contributed by atoms with Gasteiger partial charge in [0.05, 0.1) is 0 Å². The van der Waals surface area contributed by atoms with Crippen LogP contribution in [0.5, 0.6) is 0 Å². The Labute approximate surface area is 146 Å². The maximum absolute atomic E-state index is 11.9. The predicted molar refractivity (Wildman–Crippen MR) is 98.2 cm³/mol. The maximum Gasteiger partial charge on any atom is 0.407 e. The van der Waals surface area contributed by atoms with Crippen LogP contribution >= 0.6 is 0 Å². The van der Waals surface area contributed by atoms with Gasteiger partial charge in [0.25, 0.3) is 0 Å². The third-order valence-electron chi connectivity index (χ3n) is 4.54. The van der Waals surface area contributed by atoms with Gasteiger partial charge < -0.3 is 10.1 Å². The van der Waals surface area contributed by atoms with Crippen molar-refractivity contribution in [3.63, 3.8) is 0 Å². The number of benzene rings is 1. The average Bonchev–Trinajstić information content (AvgIpc) is 2.95. The summed E-state index contributed by atoms with van der Waals surface area (Å²) >= 11 is 0. The number of alkyl carbamates (subject to hydrolysis) is 1. The zero-order valence-corrected chi connectivity index (χ0v) is 15.5. The number of aryl methyl sites for hydroxylation is 1. The number of carbonyl (C=O) groups is 1. The highest BCUT2D eigenvalue weighted by molar-refractivity contribution is 5.68. The molecule has 0 bridgehead atoms. The van der Waals surface area contributed by atoms with E-state index in [-0.39, 0.29) is 12.1 Å². The van der Waals surface area contributed by atoms with Gasteiger partial charge in [0, 0.05) is 25.2 Å². The van der Waals surface area contributed by atoms with Crippen LogP contribution in [0.1, 0.15) is 52.5 Å². The van der Waals surface area contributed by atoms with E-state index in [4.69, 9.17) is 4.74 Å². The first kappa shape index (κ1) is 18.8. The molecular weight excluding hydrogens is 300 g/mol. The molecule has 4 nitrogen and oxygen atoms in total. The van der Waals surface area contributed by atoms with Crippen LogP contribution in [0, 0.1) is 0 Å². The highest BCUT2D eigenvalue weighted by atomic mass is 16.6. The van der Waals surface area contributed by atoms with E-state index in [1.54, 1.807) is 0 Å². The lowest BCUT2D eigenvalue weighted by atomic mass is 10.0. The zero-order valence-electron chi connectivity index (χ0n) is 15.5. The molecule has 1 aliphatic rings. The molecule has 0 aromatic heterocycles. The van der Waals surface area contributed by atoms with Crippen LogP contribution in [-0.4, -0.2) is 41.8 Å². The molecule has 1 heterocycles. The van der Waals surface area contributed by atoms with E-state index in [1.165, 1.54) is 12.0 Å². The third kappa shape index (κ3) is 6.16. The lowest BCUT2D eigenvalue weighted by Gasteiger charge is -2.27. The number of ether oxygens (including phenoxy) is 1. The van der Waals surface area contributed by atoms with Crippen molar-refractivity contribution < 1.29 is 9.53 Å². The minimum absolute atomic E-state index is 0.200. The highest BCUT2D eigenvalue weighted by Gasteiger charge is 2.29. The molecule has 1 saturated heterocycles. The van der Waals surface area contributed by atoms with Crippen molar-refractivity contribution in [3.8, 4) is 0 Å². The molecule has 0 spiro atoms. The van der Waals surface area contributed by atoms with Gasteiger partial charge in [-0.2, -0.15) is 0 Å². The first-order chi connectivity index (χ1) is 11.4. The summed E-state index contributed by atoms with van der Waals surface area (Å²) in [5, 5.41) is 3.02. The minimum Gasteiger partial charge on any atom is -0.444 e. The Balaban J connectivity index is 1.78. The van der Waals surface area contributed by atoms with Gasteiger partial charge in [-0.3, -0.25) is 4.90 Å². The largest absolute Gasteiger partial charge is 0.444 e. The topological polar surface area (TPSA) is 41.6 Å². The fourth-order valence-corrected chi connectivity index (χ4v) is 3.33. The molecule has 1 aliphatic heterocycles. The average molecular weight is 332 g/mol. The molecule has 1 aromatic rings. The van der Waals surface area contributed by atoms with Gasteiger partial charge in [-0.15, -0.1) is 0 Å². The number of rotatable bonds is 6. The van der Waals surface area contributed by atoms with Crippen molar-refractivity contribution >= 4 is 6.09 Å². The van der Waals surface area contributed by atoms with Crippen molar-refractivity contribution in [2.45, 2.75) is 71.1 Å². The molecule has 1 fully saturated rings. The number of amides is 1. The second-order valence-electron chi connectivity index (χ2n) is 7.71. The second-order valence-corrected chi connectivity index (χ2v) is 7.71. The Morgan fingerprint density at radius 3 is 2.67 bits per heavy atom. The highest BCUT2D eigenvalue weighted by Crippen LogP contribution is 2.19. The molecule has 0 saturated carbocycles. The number of hydrogen-bond donors (Lipinski definition) is 1. The van der Waals surface area contributed by atoms with E-state index in [2.05, 4.69) is 47.5 Å². The van der Waals surface area contributed by atoms with Gasteiger partial charge in [0.15, 0.2) is 0 Å². The molecule has 1 N–H and O–H groups in total. The van der Waals surface area contributed by atoms with Gasteiger partial charge in [0.2, 0.25) is 0 Å². The molecule has 2 rings (SSSR count). The van der Waals surface area contributed by atoms with Gasteiger partial charge in [-0.25, -0.2) is 4.79 Å². The fraction of sp³-hybridized carbons (Fsp3) is 0.650. The molecule has 2 unspecified atom stereocenters. The summed E-state index contributed by atoms with van der Waals surface area (Å²) in [6.07, 6.45) is 4.12. The van der Waals surface area contributed by atoms with Gasteiger partial charge in [-0.1, -0.05) is 37.3 Å². The van der Waals surface area contributed by atoms with E-state index in [0.29, 0.717) is 6.04 Å². The van der Waals surface area contributed by atoms with Crippen LogP contribution in [0.2, 0.25) is 0 Å². The van der Waals surface area contributed by atoms with E-state index in [9.17, 15) is 4.79 Å². The molecule has 24 heavy (non-hydrogen) atoms. The smallest absolute Gasteiger partial charge is 0.407 e. The van der Waals surface area contributed by atoms with Gasteiger partial charge in [0.1, 0.15) is 5.60 Å². The summed E-state index contributed by atoms with van der Waals surface area (Å²) in [6.45, 7) is 9.91. The molecule has 0 radical (unpaired) electrons. The van der Waals surface area contributed by atoms with Crippen molar-refractivity contribution in [3.05, 3.63) is 35.9 Å². The van der Waals surface area contributed by atoms with Crippen LogP contribution in [0.15, 0.2) is 30.3 Å². The Hall–Kier alpha value is -1.55. The van der Waals surface area contributed by atoms with E-state index in [1.807, 2.05) is 20.8 Å². The Morgan fingerprint density at radius 2 is 2.04 bits per heavy atom. The molecule has 1 amide bonds. The lowest BCUT2D eigenvalue weighted by molar-refractivity contribution is 0.0504. The Morgan fingerprint density at radius 1 is 1.33 bits per heavy atom. The van der Waals surface area contributed by atoms with Crippen LogP contribution in [0.3, 0.4) is 0 Å². The summed E-state index contributed by atoms with van der Waals surface area (Å²) in [4.78, 5) is 14.4. The molecule has 0 aliphatic carbocycles. The molecule has 134 valence electrons. The number of likely N-dealkylation sites (tertiary alicyclic amines) is 1. The summed E-state index contributed by atoms with van der Waals surface area (Å²) in [5.41, 5.74) is 0.961. The van der Waals surface area contributed by atoms with Gasteiger partial charge >= 0.3 is 6.09 Å². The number of hydrogen-bond acceptors (Lipinski definition) is 3. The number of nitrogens with zero attached hydrogens (tertiary/aromatic N) is 1. The normalized spacial score (nSPS) is 19.9. The van der Waals surface area contributed by atoms with Crippen molar-refractivity contribution in [1.29, 1.82) is 0 Å². The van der Waals surface area contributed by atoms with E-state index in [0.717, 1.165) is 32.4 Å². The number of nitrogens with one attached hydrogen (secondary N) is 1. The van der Waals surface area contributed by atoms with E-state index >= 15 is 0 Å². The summed E-state index contributed by atoms with van der Waals surface area (Å²) < 4.78 is 5.36. The van der Waals surface area contributed by atoms with Crippen LogP contribution in [-0.2, 0) is 11.2 Å². The van der Waals surface area contributed by atoms with Crippen molar-refractivity contribution in [1.82, 2.24) is 10.2 Å². The first-order valence-corrected chi connectivity index (χ1v) is 9.15. The van der Waals surface area contributed by atoms with Crippen molar-refractivity contribution in [2.75, 3.05) is 13.1 Å². The number of carbonyl (C=O) groups excluding carboxylic acids is 1. The quantitative estimate of drug-likeness (QED) is 0.856. The van der Waals surface area contributed by atoms with Crippen molar-refractivity contribution in [2.24, 2.45) is 0 Å². The summed E-state index contributed by atoms with van der Waals surface area (Å²) in [6, 6.07) is 11.4. The summed E-state index contributed by atoms with van der Waals surface area (Å²) in [5.74, 6) is 0. The van der Waals surface area contributed by atoms with Crippen LogP contribution in [0.4, 0.5) is 4.79 Å². The minimum atomic E-state index is -0.440. The monoisotopic (exact) mass is 332 g/mol. The standard InChI is InChI=1S/C20H32N2O2/c1-5-18(12-11-16-9-7-6-8-10-16)22-14-13-17(15-22)21-19(23)24-20(2,3)4/h6-10,17-18H,5,11-15H2,1-4H3,(H,21,23). The maximum atomic E-state index is 11.9. The lowest BCUT2D eigenvalue weighted by Crippen LogP contribution is -2.42. The Kier molecular flexibility index (Phi) is 6.67. The molecular formula is C20H32N2O2. The second kappa shape index (κ2) is 8.52. The predicted octanol–water partition coefficient (Wildman–Crippen LogP) is 4.00. The first-order valence-electron chi connectivity index (χ1n) is 9.15. The zero-order chi connectivity index (χ0) is 17.6. The third-order valence-corrected chi connectivity index (χ3v) is 4.54. The van der Waals surface area contributed by atoms with Crippen LogP contribution in [0.25, 0.3) is 0 Å². The molecule has 1 aromatic carbocycles. The van der Waals surface area contributed by atoms with Gasteiger partial charge in [-0.05, 0) is 52.0 Å². The molecule has 4 heteroatoms. The molecule has 2 atom stereocenters. The van der Waals surface area contributed by atoms with E-state index < -0.39 is 5.60 Å². The SMILES string of the molecule is CCC(CCc1ccccc1)N1CCC(NC(=O)OC(C)(C)C)C1. The van der Waals surface area contributed by atoms with Crippen LogP contribution < -0.4 is 5.32 Å².